The second-order valence-corrected chi connectivity index (χ2v) is 6.33. The molecule has 2 atom stereocenters. The van der Waals surface area contributed by atoms with Crippen LogP contribution in [-0.4, -0.2) is 23.4 Å². The zero-order chi connectivity index (χ0) is 13.5. The van der Waals surface area contributed by atoms with Crippen LogP contribution in [0.1, 0.15) is 44.8 Å². The average Bonchev–Trinajstić information content (AvgIpc) is 2.66. The van der Waals surface area contributed by atoms with E-state index in [0.717, 1.165) is 6.54 Å². The van der Waals surface area contributed by atoms with Gasteiger partial charge < -0.3 is 4.90 Å². The lowest BCUT2D eigenvalue weighted by atomic mass is 9.70. The lowest BCUT2D eigenvalue weighted by Gasteiger charge is -2.42. The fourth-order valence-electron chi connectivity index (χ4n) is 3.20. The van der Waals surface area contributed by atoms with Crippen molar-refractivity contribution in [1.29, 1.82) is 0 Å². The summed E-state index contributed by atoms with van der Waals surface area (Å²) in [4.78, 5) is 14.4. The third-order valence-corrected chi connectivity index (χ3v) is 4.60. The fraction of sp³-hybridized carbons (Fsp3) is 0.562. The van der Waals surface area contributed by atoms with Crippen LogP contribution in [0, 0.1) is 5.41 Å². The van der Waals surface area contributed by atoms with Crippen molar-refractivity contribution >= 4 is 5.91 Å². The highest BCUT2D eigenvalue weighted by atomic mass is 16.2. The summed E-state index contributed by atoms with van der Waals surface area (Å²) in [5.74, 6) is 0.238. The van der Waals surface area contributed by atoms with Gasteiger partial charge in [-0.25, -0.2) is 0 Å². The Bertz CT molecular complexity index is 467. The van der Waals surface area contributed by atoms with Crippen LogP contribution in [0.5, 0.6) is 0 Å². The number of nitrogens with one attached hydrogen (secondary N) is 1. The minimum Gasteiger partial charge on any atom is -0.321 e. The average molecular weight is 258 g/mol. The van der Waals surface area contributed by atoms with Crippen molar-refractivity contribution in [1.82, 2.24) is 10.2 Å². The normalized spacial score (nSPS) is 29.4. The molecule has 0 aromatic heterocycles. The van der Waals surface area contributed by atoms with Crippen molar-refractivity contribution in [3.63, 3.8) is 0 Å². The molecule has 3 nitrogen and oxygen atoms in total. The maximum Gasteiger partial charge on any atom is 0.241 e. The lowest BCUT2D eigenvalue weighted by Crippen LogP contribution is -2.43. The summed E-state index contributed by atoms with van der Waals surface area (Å²) in [6.07, 6.45) is 3.83. The number of carbonyl (C=O) groups excluding carboxylic acids is 1. The van der Waals surface area contributed by atoms with Crippen molar-refractivity contribution < 1.29 is 4.79 Å². The largest absolute Gasteiger partial charge is 0.321 e. The van der Waals surface area contributed by atoms with Crippen LogP contribution in [0.15, 0.2) is 30.3 Å². The molecule has 19 heavy (non-hydrogen) atoms. The van der Waals surface area contributed by atoms with E-state index in [9.17, 15) is 4.79 Å². The number of benzene rings is 1. The summed E-state index contributed by atoms with van der Waals surface area (Å²) in [5.41, 5.74) is 1.51. The van der Waals surface area contributed by atoms with Gasteiger partial charge in [0, 0.05) is 6.54 Å². The van der Waals surface area contributed by atoms with Crippen LogP contribution < -0.4 is 5.32 Å². The maximum atomic E-state index is 12.4. The molecule has 2 unspecified atom stereocenters. The molecule has 0 radical (unpaired) electrons. The Morgan fingerprint density at radius 2 is 2.00 bits per heavy atom. The number of hydrogen-bond acceptors (Lipinski definition) is 2. The highest BCUT2D eigenvalue weighted by Gasteiger charge is 2.42. The minimum absolute atomic E-state index is 0.0427. The number of nitrogens with zero attached hydrogens (tertiary/aromatic N) is 1. The van der Waals surface area contributed by atoms with Crippen LogP contribution in [-0.2, 0) is 4.79 Å². The Labute approximate surface area is 115 Å². The van der Waals surface area contributed by atoms with Crippen LogP contribution in [0.4, 0.5) is 0 Å². The van der Waals surface area contributed by atoms with E-state index in [0.29, 0.717) is 5.41 Å². The first kappa shape index (κ1) is 12.7. The molecule has 1 N–H and O–H groups in total. The first-order valence-electron chi connectivity index (χ1n) is 7.21. The summed E-state index contributed by atoms with van der Waals surface area (Å²) in [5, 5.41) is 3.42. The third-order valence-electron chi connectivity index (χ3n) is 4.60. The van der Waals surface area contributed by atoms with E-state index in [-0.39, 0.29) is 18.1 Å². The molecule has 3 rings (SSSR count). The van der Waals surface area contributed by atoms with E-state index in [1.807, 2.05) is 30.0 Å². The predicted octanol–water partition coefficient (Wildman–Crippen LogP) is 2.70. The molecule has 102 valence electrons. The Kier molecular flexibility index (Phi) is 3.09. The van der Waals surface area contributed by atoms with Gasteiger partial charge in [0.15, 0.2) is 0 Å². The van der Waals surface area contributed by atoms with Gasteiger partial charge in [-0.3, -0.25) is 10.1 Å². The SMILES string of the molecule is CC1NC(c2ccccc2)N(CC2(C)CCC2)C1=O. The molecule has 1 amide bonds. The topological polar surface area (TPSA) is 32.3 Å². The Morgan fingerprint density at radius 3 is 2.58 bits per heavy atom. The molecular weight excluding hydrogens is 236 g/mol. The van der Waals surface area contributed by atoms with Crippen LogP contribution in [0.25, 0.3) is 0 Å². The Morgan fingerprint density at radius 1 is 1.32 bits per heavy atom. The van der Waals surface area contributed by atoms with Crippen LogP contribution in [0.3, 0.4) is 0 Å². The summed E-state index contributed by atoms with van der Waals surface area (Å²) in [6, 6.07) is 10.2. The summed E-state index contributed by atoms with van der Waals surface area (Å²) in [6.45, 7) is 5.14. The van der Waals surface area contributed by atoms with Gasteiger partial charge in [0.2, 0.25) is 5.91 Å². The van der Waals surface area contributed by atoms with Gasteiger partial charge >= 0.3 is 0 Å². The fourth-order valence-corrected chi connectivity index (χ4v) is 3.20. The first-order chi connectivity index (χ1) is 9.09. The van der Waals surface area contributed by atoms with E-state index in [4.69, 9.17) is 0 Å². The number of hydrogen-bond donors (Lipinski definition) is 1. The Hall–Kier alpha value is -1.35. The smallest absolute Gasteiger partial charge is 0.241 e. The molecular formula is C16H22N2O. The maximum absolute atomic E-state index is 12.4. The minimum atomic E-state index is -0.0751. The molecule has 1 aromatic carbocycles. The van der Waals surface area contributed by atoms with Crippen molar-refractivity contribution in [2.45, 2.75) is 45.3 Å². The molecule has 1 aliphatic heterocycles. The van der Waals surface area contributed by atoms with Gasteiger partial charge in [0.1, 0.15) is 6.17 Å². The van der Waals surface area contributed by atoms with Crippen molar-refractivity contribution in [3.05, 3.63) is 35.9 Å². The van der Waals surface area contributed by atoms with Gasteiger partial charge in [0.05, 0.1) is 6.04 Å². The van der Waals surface area contributed by atoms with Crippen molar-refractivity contribution in [3.8, 4) is 0 Å². The summed E-state index contributed by atoms with van der Waals surface area (Å²) < 4.78 is 0. The molecule has 1 aliphatic carbocycles. The van der Waals surface area contributed by atoms with Gasteiger partial charge in [-0.15, -0.1) is 0 Å². The molecule has 2 fully saturated rings. The molecule has 0 bridgehead atoms. The number of rotatable bonds is 3. The molecule has 1 heterocycles. The van der Waals surface area contributed by atoms with Crippen molar-refractivity contribution in [2.75, 3.05) is 6.54 Å². The number of amides is 1. The van der Waals surface area contributed by atoms with Crippen molar-refractivity contribution in [2.24, 2.45) is 5.41 Å². The molecule has 3 heteroatoms. The standard InChI is InChI=1S/C16H22N2O/c1-12-15(19)18(11-16(2)9-6-10-16)14(17-12)13-7-4-3-5-8-13/h3-5,7-8,12,14,17H,6,9-11H2,1-2H3. The van der Waals surface area contributed by atoms with E-state index >= 15 is 0 Å². The highest BCUT2D eigenvalue weighted by Crippen LogP contribution is 2.42. The second-order valence-electron chi connectivity index (χ2n) is 6.33. The first-order valence-corrected chi connectivity index (χ1v) is 7.21. The second kappa shape index (κ2) is 4.64. The van der Waals surface area contributed by atoms with E-state index < -0.39 is 0 Å². The quantitative estimate of drug-likeness (QED) is 0.904. The van der Waals surface area contributed by atoms with Crippen LogP contribution in [0.2, 0.25) is 0 Å². The lowest BCUT2D eigenvalue weighted by molar-refractivity contribution is -0.132. The van der Waals surface area contributed by atoms with Gasteiger partial charge in [0.25, 0.3) is 0 Å². The zero-order valence-electron chi connectivity index (χ0n) is 11.7. The Balaban J connectivity index is 1.83. The molecule has 0 spiro atoms. The summed E-state index contributed by atoms with van der Waals surface area (Å²) >= 11 is 0. The highest BCUT2D eigenvalue weighted by molar-refractivity contribution is 5.84. The number of carbonyl (C=O) groups is 1. The van der Waals surface area contributed by atoms with E-state index in [2.05, 4.69) is 24.4 Å². The van der Waals surface area contributed by atoms with Crippen LogP contribution >= 0.6 is 0 Å². The van der Waals surface area contributed by atoms with E-state index in [1.54, 1.807) is 0 Å². The molecule has 2 aliphatic rings. The third kappa shape index (κ3) is 2.27. The predicted molar refractivity (Wildman–Crippen MR) is 75.5 cm³/mol. The van der Waals surface area contributed by atoms with Gasteiger partial charge in [-0.1, -0.05) is 43.7 Å². The van der Waals surface area contributed by atoms with Gasteiger partial charge in [-0.05, 0) is 30.7 Å². The van der Waals surface area contributed by atoms with Gasteiger partial charge in [-0.2, -0.15) is 0 Å². The molecule has 1 aromatic rings. The van der Waals surface area contributed by atoms with E-state index in [1.165, 1.54) is 24.8 Å². The monoisotopic (exact) mass is 258 g/mol. The molecule has 1 saturated carbocycles. The summed E-state index contributed by atoms with van der Waals surface area (Å²) in [7, 11) is 0. The zero-order valence-corrected chi connectivity index (χ0v) is 11.7. The molecule has 1 saturated heterocycles.